The maximum absolute atomic E-state index is 5.22. The first-order chi connectivity index (χ1) is 25.1. The molecule has 7 aromatic carbocycles. The molecule has 0 saturated carbocycles. The quantitative estimate of drug-likeness (QED) is 0.190. The van der Waals surface area contributed by atoms with Gasteiger partial charge in [-0.15, -0.1) is 0 Å². The van der Waals surface area contributed by atoms with E-state index in [1.54, 1.807) is 0 Å². The zero-order chi connectivity index (χ0) is 33.8. The van der Waals surface area contributed by atoms with E-state index in [0.29, 0.717) is 0 Å². The second-order valence-corrected chi connectivity index (χ2v) is 14.1. The van der Waals surface area contributed by atoms with E-state index in [0.717, 1.165) is 39.7 Å². The molecule has 5 heteroatoms. The fraction of sp³-hybridized carbons (Fsp3) is 0.0652. The lowest BCUT2D eigenvalue weighted by Crippen LogP contribution is -2.43. The molecule has 51 heavy (non-hydrogen) atoms. The highest BCUT2D eigenvalue weighted by atomic mass is 15.4. The molecule has 0 amide bonds. The summed E-state index contributed by atoms with van der Waals surface area (Å²) in [7, 11) is 0. The molecule has 0 radical (unpaired) electrons. The summed E-state index contributed by atoms with van der Waals surface area (Å²) < 4.78 is 7.20. The fourth-order valence-corrected chi connectivity index (χ4v) is 8.70. The summed E-state index contributed by atoms with van der Waals surface area (Å²) in [5, 5.41) is 5.01. The molecule has 1 aliphatic heterocycles. The number of anilines is 2. The fourth-order valence-electron chi connectivity index (χ4n) is 8.70. The minimum Gasteiger partial charge on any atom is -0.309 e. The predicted octanol–water partition coefficient (Wildman–Crippen LogP) is 11.6. The molecule has 10 aromatic rings. The number of aromatic nitrogens is 4. The van der Waals surface area contributed by atoms with E-state index < -0.39 is 5.54 Å². The van der Waals surface area contributed by atoms with E-state index in [1.165, 1.54) is 49.2 Å². The molecular weight excluding hydrogens is 623 g/mol. The van der Waals surface area contributed by atoms with Crippen LogP contribution in [0.2, 0.25) is 0 Å². The number of nitrogens with zero attached hydrogens (tertiary/aromatic N) is 5. The zero-order valence-electron chi connectivity index (χ0n) is 28.3. The molecule has 5 nitrogen and oxygen atoms in total. The highest BCUT2D eigenvalue weighted by molar-refractivity contribution is 6.19. The molecular formula is C46H33N5. The Morgan fingerprint density at radius 3 is 1.63 bits per heavy atom. The maximum Gasteiger partial charge on any atom is 0.216 e. The van der Waals surface area contributed by atoms with Gasteiger partial charge in [-0.2, -0.15) is 0 Å². The van der Waals surface area contributed by atoms with Crippen LogP contribution >= 0.6 is 0 Å². The van der Waals surface area contributed by atoms with E-state index in [2.05, 4.69) is 196 Å². The monoisotopic (exact) mass is 655 g/mol. The Balaban J connectivity index is 1.22. The van der Waals surface area contributed by atoms with Crippen molar-refractivity contribution >= 4 is 66.3 Å². The zero-order valence-corrected chi connectivity index (χ0v) is 28.3. The molecule has 1 aliphatic rings. The van der Waals surface area contributed by atoms with Crippen LogP contribution in [0.1, 0.15) is 19.4 Å². The number of fused-ring (bicyclic) bond motifs is 11. The Hall–Kier alpha value is -6.59. The summed E-state index contributed by atoms with van der Waals surface area (Å²) >= 11 is 0. The average molecular weight is 656 g/mol. The second kappa shape index (κ2) is 10.2. The molecule has 3 aromatic heterocycles. The third-order valence-electron chi connectivity index (χ3n) is 10.9. The van der Waals surface area contributed by atoms with Gasteiger partial charge in [0.25, 0.3) is 0 Å². The first kappa shape index (κ1) is 28.3. The van der Waals surface area contributed by atoms with Crippen molar-refractivity contribution < 1.29 is 0 Å². The predicted molar refractivity (Wildman–Crippen MR) is 211 cm³/mol. The highest BCUT2D eigenvalue weighted by Crippen LogP contribution is 2.49. The van der Waals surface area contributed by atoms with Crippen LogP contribution in [0.3, 0.4) is 0 Å². The van der Waals surface area contributed by atoms with Crippen molar-refractivity contribution in [2.24, 2.45) is 0 Å². The molecule has 0 atom stereocenters. The van der Waals surface area contributed by atoms with Crippen LogP contribution in [-0.2, 0) is 5.54 Å². The van der Waals surface area contributed by atoms with Crippen LogP contribution in [0.4, 0.5) is 11.6 Å². The van der Waals surface area contributed by atoms with Gasteiger partial charge in [0, 0.05) is 44.2 Å². The molecule has 0 unspecified atom stereocenters. The van der Waals surface area contributed by atoms with Crippen LogP contribution in [0, 0.1) is 0 Å². The smallest absolute Gasteiger partial charge is 0.216 e. The van der Waals surface area contributed by atoms with Gasteiger partial charge in [-0.3, -0.25) is 4.57 Å². The number of hydrogen-bond acceptors (Lipinski definition) is 2. The molecule has 11 rings (SSSR count). The van der Waals surface area contributed by atoms with E-state index in [4.69, 9.17) is 4.98 Å². The minimum atomic E-state index is -0.407. The number of benzene rings is 7. The molecule has 0 saturated heterocycles. The Bertz CT molecular complexity index is 3000. The van der Waals surface area contributed by atoms with Crippen LogP contribution in [-0.4, -0.2) is 18.7 Å². The molecule has 0 spiro atoms. The first-order valence-electron chi connectivity index (χ1n) is 17.6. The van der Waals surface area contributed by atoms with E-state index in [9.17, 15) is 0 Å². The second-order valence-electron chi connectivity index (χ2n) is 14.1. The van der Waals surface area contributed by atoms with Crippen molar-refractivity contribution in [1.29, 1.82) is 0 Å². The summed E-state index contributed by atoms with van der Waals surface area (Å²) in [4.78, 5) is 7.62. The summed E-state index contributed by atoms with van der Waals surface area (Å²) in [6.45, 7) is 4.64. The van der Waals surface area contributed by atoms with Gasteiger partial charge < -0.3 is 14.0 Å². The third kappa shape index (κ3) is 3.83. The maximum atomic E-state index is 5.22. The SMILES string of the molecule is CC1(C)c2cc(-n3c4ccccc4c4cc5c6ccccc6n(-c6ccccc6)c5cc43)ccc2-n2c(nc3ccccc32)N1c1ccccc1. The Morgan fingerprint density at radius 1 is 0.412 bits per heavy atom. The standard InChI is InChI=1S/C46H33N5/c1-46(2)37-27-32(25-26-41(37)50-42-24-14-11-21-38(42)47-45(50)51(46)31-17-7-4-8-18-31)49-40-23-13-10-20-34(40)36-28-35-33-19-9-12-22-39(33)48(43(35)29-44(36)49)30-15-5-3-6-16-30/h3-29H,1-2H3. The number of imidazole rings is 1. The topological polar surface area (TPSA) is 30.9 Å². The largest absolute Gasteiger partial charge is 0.309 e. The molecule has 242 valence electrons. The number of para-hydroxylation sites is 6. The van der Waals surface area contributed by atoms with Crippen LogP contribution < -0.4 is 4.90 Å². The van der Waals surface area contributed by atoms with E-state index in [1.807, 2.05) is 0 Å². The Labute approximate surface area is 294 Å². The summed E-state index contributed by atoms with van der Waals surface area (Å²) in [6.07, 6.45) is 0. The van der Waals surface area contributed by atoms with Crippen molar-refractivity contribution in [3.63, 3.8) is 0 Å². The van der Waals surface area contributed by atoms with Gasteiger partial charge in [0.15, 0.2) is 0 Å². The summed E-state index contributed by atoms with van der Waals surface area (Å²) in [6, 6.07) is 59.2. The third-order valence-corrected chi connectivity index (χ3v) is 10.9. The lowest BCUT2D eigenvalue weighted by Gasteiger charge is -2.44. The molecule has 4 heterocycles. The Morgan fingerprint density at radius 2 is 0.961 bits per heavy atom. The molecule has 0 fully saturated rings. The van der Waals surface area contributed by atoms with Crippen LogP contribution in [0.25, 0.3) is 71.7 Å². The van der Waals surface area contributed by atoms with E-state index in [-0.39, 0.29) is 0 Å². The van der Waals surface area contributed by atoms with Crippen molar-refractivity contribution in [2.45, 2.75) is 19.4 Å². The first-order valence-corrected chi connectivity index (χ1v) is 17.6. The molecule has 0 N–H and O–H groups in total. The number of rotatable bonds is 3. The van der Waals surface area contributed by atoms with Gasteiger partial charge in [0.1, 0.15) is 0 Å². The van der Waals surface area contributed by atoms with Crippen molar-refractivity contribution in [1.82, 2.24) is 18.7 Å². The van der Waals surface area contributed by atoms with Gasteiger partial charge >= 0.3 is 0 Å². The van der Waals surface area contributed by atoms with Gasteiger partial charge in [-0.1, -0.05) is 84.9 Å². The lowest BCUT2D eigenvalue weighted by molar-refractivity contribution is 0.507. The lowest BCUT2D eigenvalue weighted by atomic mass is 9.88. The number of hydrogen-bond donors (Lipinski definition) is 0. The minimum absolute atomic E-state index is 0.407. The normalized spacial score (nSPS) is 13.8. The summed E-state index contributed by atoms with van der Waals surface area (Å²) in [5.74, 6) is 0.931. The van der Waals surface area contributed by atoms with Crippen LogP contribution in [0.15, 0.2) is 164 Å². The molecule has 0 bridgehead atoms. The average Bonchev–Trinajstić information content (AvgIpc) is 3.82. The highest BCUT2D eigenvalue weighted by Gasteiger charge is 2.41. The van der Waals surface area contributed by atoms with Crippen molar-refractivity contribution in [2.75, 3.05) is 4.90 Å². The van der Waals surface area contributed by atoms with Gasteiger partial charge in [0.2, 0.25) is 5.95 Å². The van der Waals surface area contributed by atoms with Crippen LogP contribution in [0.5, 0.6) is 0 Å². The Kier molecular flexibility index (Phi) is 5.66. The van der Waals surface area contributed by atoms with Crippen molar-refractivity contribution in [3.8, 4) is 17.1 Å². The summed E-state index contributed by atoms with van der Waals surface area (Å²) in [5.41, 5.74) is 12.3. The van der Waals surface area contributed by atoms with Crippen molar-refractivity contribution in [3.05, 3.63) is 169 Å². The van der Waals surface area contributed by atoms with Gasteiger partial charge in [-0.25, -0.2) is 4.98 Å². The van der Waals surface area contributed by atoms with Gasteiger partial charge in [0.05, 0.1) is 44.3 Å². The molecule has 0 aliphatic carbocycles. The van der Waals surface area contributed by atoms with Gasteiger partial charge in [-0.05, 0) is 92.7 Å². The van der Waals surface area contributed by atoms with E-state index >= 15 is 0 Å².